The highest BCUT2D eigenvalue weighted by atomic mass is 16.1. The lowest BCUT2D eigenvalue weighted by molar-refractivity contribution is -0.122. The van der Waals surface area contributed by atoms with Crippen LogP contribution < -0.4 is 11.1 Å². The summed E-state index contributed by atoms with van der Waals surface area (Å²) in [5, 5.41) is 2.97. The van der Waals surface area contributed by atoms with E-state index in [1.807, 2.05) is 0 Å². The standard InChI is InChI=1S/C10H20N2O/c1-2-3-9(7-11)12-10(13)6-8-4-5-8/h8-9H,2-7,11H2,1H3,(H,12,13). The smallest absolute Gasteiger partial charge is 0.220 e. The Morgan fingerprint density at radius 3 is 2.77 bits per heavy atom. The lowest BCUT2D eigenvalue weighted by atomic mass is 10.1. The van der Waals surface area contributed by atoms with Gasteiger partial charge in [0.2, 0.25) is 5.91 Å². The zero-order chi connectivity index (χ0) is 9.68. The summed E-state index contributed by atoms with van der Waals surface area (Å²) in [4.78, 5) is 11.4. The fourth-order valence-corrected chi connectivity index (χ4v) is 1.47. The van der Waals surface area contributed by atoms with Crippen LogP contribution in [0.2, 0.25) is 0 Å². The van der Waals surface area contributed by atoms with E-state index in [-0.39, 0.29) is 11.9 Å². The van der Waals surface area contributed by atoms with Gasteiger partial charge < -0.3 is 11.1 Å². The molecule has 76 valence electrons. The van der Waals surface area contributed by atoms with E-state index in [0.29, 0.717) is 18.9 Å². The van der Waals surface area contributed by atoms with Crippen LogP contribution in [0.4, 0.5) is 0 Å². The molecule has 0 radical (unpaired) electrons. The molecule has 13 heavy (non-hydrogen) atoms. The van der Waals surface area contributed by atoms with Crippen molar-refractivity contribution in [2.24, 2.45) is 11.7 Å². The van der Waals surface area contributed by atoms with E-state index in [1.165, 1.54) is 12.8 Å². The summed E-state index contributed by atoms with van der Waals surface area (Å²) in [6.45, 7) is 2.67. The van der Waals surface area contributed by atoms with Crippen molar-refractivity contribution in [2.45, 2.75) is 45.1 Å². The van der Waals surface area contributed by atoms with Crippen LogP contribution in [0, 0.1) is 5.92 Å². The number of carbonyl (C=O) groups excluding carboxylic acids is 1. The van der Waals surface area contributed by atoms with Gasteiger partial charge in [0.25, 0.3) is 0 Å². The van der Waals surface area contributed by atoms with Crippen molar-refractivity contribution in [3.05, 3.63) is 0 Å². The molecule has 1 rings (SSSR count). The highest BCUT2D eigenvalue weighted by Gasteiger charge is 2.24. The molecule has 0 aromatic carbocycles. The SMILES string of the molecule is CCCC(CN)NC(=O)CC1CC1. The maximum absolute atomic E-state index is 11.4. The maximum atomic E-state index is 11.4. The summed E-state index contributed by atoms with van der Waals surface area (Å²) >= 11 is 0. The average molecular weight is 184 g/mol. The molecule has 1 aliphatic rings. The summed E-state index contributed by atoms with van der Waals surface area (Å²) in [5.41, 5.74) is 5.54. The fraction of sp³-hybridized carbons (Fsp3) is 0.900. The van der Waals surface area contributed by atoms with Gasteiger partial charge in [-0.05, 0) is 25.2 Å². The van der Waals surface area contributed by atoms with Gasteiger partial charge in [0.15, 0.2) is 0 Å². The maximum Gasteiger partial charge on any atom is 0.220 e. The van der Waals surface area contributed by atoms with E-state index in [9.17, 15) is 4.79 Å². The van der Waals surface area contributed by atoms with E-state index in [1.54, 1.807) is 0 Å². The van der Waals surface area contributed by atoms with E-state index < -0.39 is 0 Å². The number of hydrogen-bond acceptors (Lipinski definition) is 2. The minimum atomic E-state index is 0.186. The first kappa shape index (κ1) is 10.5. The number of amides is 1. The summed E-state index contributed by atoms with van der Waals surface area (Å²) in [6.07, 6.45) is 5.24. The van der Waals surface area contributed by atoms with Crippen LogP contribution in [-0.2, 0) is 4.79 Å². The van der Waals surface area contributed by atoms with Gasteiger partial charge in [-0.1, -0.05) is 13.3 Å². The van der Waals surface area contributed by atoms with Crippen LogP contribution in [0.25, 0.3) is 0 Å². The first-order valence-corrected chi connectivity index (χ1v) is 5.25. The molecule has 0 aliphatic heterocycles. The number of rotatable bonds is 6. The molecule has 1 fully saturated rings. The lowest BCUT2D eigenvalue weighted by Gasteiger charge is -2.15. The number of nitrogens with one attached hydrogen (secondary N) is 1. The Morgan fingerprint density at radius 1 is 1.62 bits per heavy atom. The van der Waals surface area contributed by atoms with E-state index in [2.05, 4.69) is 12.2 Å². The van der Waals surface area contributed by atoms with E-state index >= 15 is 0 Å². The second-order valence-electron chi connectivity index (χ2n) is 3.94. The normalized spacial score (nSPS) is 18.3. The summed E-state index contributed by atoms with van der Waals surface area (Å²) in [6, 6.07) is 0.191. The molecule has 0 aromatic heterocycles. The van der Waals surface area contributed by atoms with Crippen LogP contribution in [0.1, 0.15) is 39.0 Å². The van der Waals surface area contributed by atoms with Gasteiger partial charge in [-0.15, -0.1) is 0 Å². The molecule has 0 heterocycles. The fourth-order valence-electron chi connectivity index (χ4n) is 1.47. The molecular weight excluding hydrogens is 164 g/mol. The largest absolute Gasteiger partial charge is 0.352 e. The number of carbonyl (C=O) groups is 1. The van der Waals surface area contributed by atoms with Crippen molar-refractivity contribution < 1.29 is 4.79 Å². The molecule has 3 heteroatoms. The molecule has 0 aromatic rings. The third kappa shape index (κ3) is 4.27. The zero-order valence-electron chi connectivity index (χ0n) is 8.38. The minimum Gasteiger partial charge on any atom is -0.352 e. The molecule has 1 atom stereocenters. The Kier molecular flexibility index (Phi) is 4.22. The van der Waals surface area contributed by atoms with Gasteiger partial charge in [-0.2, -0.15) is 0 Å². The van der Waals surface area contributed by atoms with Crippen molar-refractivity contribution >= 4 is 5.91 Å². The van der Waals surface area contributed by atoms with Crippen LogP contribution in [0.3, 0.4) is 0 Å². The van der Waals surface area contributed by atoms with Gasteiger partial charge in [-0.3, -0.25) is 4.79 Å². The summed E-state index contributed by atoms with van der Waals surface area (Å²) in [5.74, 6) is 0.853. The third-order valence-corrected chi connectivity index (χ3v) is 2.46. The Hall–Kier alpha value is -0.570. The molecule has 1 aliphatic carbocycles. The van der Waals surface area contributed by atoms with Gasteiger partial charge in [-0.25, -0.2) is 0 Å². The molecular formula is C10H20N2O. The van der Waals surface area contributed by atoms with Crippen molar-refractivity contribution in [2.75, 3.05) is 6.54 Å². The van der Waals surface area contributed by atoms with Crippen molar-refractivity contribution in [3.63, 3.8) is 0 Å². The number of hydrogen-bond donors (Lipinski definition) is 2. The lowest BCUT2D eigenvalue weighted by Crippen LogP contribution is -2.40. The summed E-state index contributed by atoms with van der Waals surface area (Å²) in [7, 11) is 0. The van der Waals surface area contributed by atoms with Crippen LogP contribution in [0.5, 0.6) is 0 Å². The molecule has 0 spiro atoms. The second kappa shape index (κ2) is 5.22. The van der Waals surface area contributed by atoms with Gasteiger partial charge >= 0.3 is 0 Å². The molecule has 1 unspecified atom stereocenters. The first-order valence-electron chi connectivity index (χ1n) is 5.25. The second-order valence-corrected chi connectivity index (χ2v) is 3.94. The third-order valence-electron chi connectivity index (χ3n) is 2.46. The highest BCUT2D eigenvalue weighted by molar-refractivity contribution is 5.76. The predicted octanol–water partition coefficient (Wildman–Crippen LogP) is 1.03. The Morgan fingerprint density at radius 2 is 2.31 bits per heavy atom. The topological polar surface area (TPSA) is 55.1 Å². The molecule has 0 saturated heterocycles. The zero-order valence-corrected chi connectivity index (χ0v) is 8.38. The van der Waals surface area contributed by atoms with Crippen molar-refractivity contribution in [1.29, 1.82) is 0 Å². The Labute approximate surface area is 80.1 Å². The number of nitrogens with two attached hydrogens (primary N) is 1. The van der Waals surface area contributed by atoms with E-state index in [4.69, 9.17) is 5.73 Å². The average Bonchev–Trinajstić information content (AvgIpc) is 2.87. The molecule has 1 saturated carbocycles. The quantitative estimate of drug-likeness (QED) is 0.648. The highest BCUT2D eigenvalue weighted by Crippen LogP contribution is 2.32. The van der Waals surface area contributed by atoms with Crippen LogP contribution in [0.15, 0.2) is 0 Å². The van der Waals surface area contributed by atoms with E-state index in [0.717, 1.165) is 12.8 Å². The molecule has 3 N–H and O–H groups in total. The molecule has 1 amide bonds. The molecule has 3 nitrogen and oxygen atoms in total. The van der Waals surface area contributed by atoms with Gasteiger partial charge in [0.05, 0.1) is 0 Å². The van der Waals surface area contributed by atoms with Crippen molar-refractivity contribution in [3.8, 4) is 0 Å². The monoisotopic (exact) mass is 184 g/mol. The first-order chi connectivity index (χ1) is 6.26. The van der Waals surface area contributed by atoms with Crippen molar-refractivity contribution in [1.82, 2.24) is 5.32 Å². The van der Waals surface area contributed by atoms with Crippen LogP contribution >= 0.6 is 0 Å². The van der Waals surface area contributed by atoms with Crippen LogP contribution in [-0.4, -0.2) is 18.5 Å². The Bertz CT molecular complexity index is 166. The van der Waals surface area contributed by atoms with Gasteiger partial charge in [0.1, 0.15) is 0 Å². The molecule has 0 bridgehead atoms. The van der Waals surface area contributed by atoms with Gasteiger partial charge in [0, 0.05) is 19.0 Å². The predicted molar refractivity (Wildman–Crippen MR) is 53.2 cm³/mol. The minimum absolute atomic E-state index is 0.186. The summed E-state index contributed by atoms with van der Waals surface area (Å²) < 4.78 is 0. The Balaban J connectivity index is 2.14.